The molecule has 1 aliphatic rings. The van der Waals surface area contributed by atoms with E-state index in [1.165, 1.54) is 11.8 Å². The average molecular weight is 283 g/mol. The van der Waals surface area contributed by atoms with E-state index in [0.29, 0.717) is 16.6 Å². The van der Waals surface area contributed by atoms with Gasteiger partial charge >= 0.3 is 0 Å². The monoisotopic (exact) mass is 283 g/mol. The van der Waals surface area contributed by atoms with E-state index in [-0.39, 0.29) is 11.1 Å². The highest BCUT2D eigenvalue weighted by Crippen LogP contribution is 2.19. The second-order valence-corrected chi connectivity index (χ2v) is 6.13. The molecule has 2 rings (SSSR count). The van der Waals surface area contributed by atoms with Gasteiger partial charge in [-0.25, -0.2) is 8.78 Å². The maximum absolute atomic E-state index is 13.6. The summed E-state index contributed by atoms with van der Waals surface area (Å²) in [5, 5.41) is 4.76. The SMILES string of the molecule is CC(C)(C)N=C1NN=C(c2cc(F)ccc2F)CS1. The molecular formula is C13H15F2N3S. The number of aliphatic imine (C=N–C) groups is 1. The Kier molecular flexibility index (Phi) is 3.89. The minimum absolute atomic E-state index is 0.190. The number of nitrogens with zero attached hydrogens (tertiary/aromatic N) is 2. The van der Waals surface area contributed by atoms with E-state index in [2.05, 4.69) is 15.5 Å². The van der Waals surface area contributed by atoms with Crippen LogP contribution in [0.15, 0.2) is 28.3 Å². The predicted octanol–water partition coefficient (Wildman–Crippen LogP) is 3.16. The molecule has 3 nitrogen and oxygen atoms in total. The Balaban J connectivity index is 2.22. The van der Waals surface area contributed by atoms with Gasteiger partial charge in [0.2, 0.25) is 0 Å². The van der Waals surface area contributed by atoms with Crippen molar-refractivity contribution in [3.05, 3.63) is 35.4 Å². The number of rotatable bonds is 1. The molecule has 19 heavy (non-hydrogen) atoms. The summed E-state index contributed by atoms with van der Waals surface area (Å²) in [7, 11) is 0. The number of halogens is 2. The van der Waals surface area contributed by atoms with Crippen LogP contribution in [0, 0.1) is 11.6 Å². The quantitative estimate of drug-likeness (QED) is 0.859. The molecule has 0 atom stereocenters. The van der Waals surface area contributed by atoms with Gasteiger partial charge in [-0.3, -0.25) is 10.4 Å². The van der Waals surface area contributed by atoms with Crippen molar-refractivity contribution in [1.82, 2.24) is 5.43 Å². The molecule has 1 aromatic rings. The van der Waals surface area contributed by atoms with E-state index in [1.807, 2.05) is 20.8 Å². The molecular weight excluding hydrogens is 268 g/mol. The molecule has 1 heterocycles. The molecule has 6 heteroatoms. The van der Waals surface area contributed by atoms with Crippen LogP contribution in [0.4, 0.5) is 8.78 Å². The second kappa shape index (κ2) is 5.28. The number of hydrazone groups is 1. The van der Waals surface area contributed by atoms with Crippen molar-refractivity contribution in [3.63, 3.8) is 0 Å². The Bertz CT molecular complexity index is 547. The lowest BCUT2D eigenvalue weighted by Gasteiger charge is -2.19. The van der Waals surface area contributed by atoms with Gasteiger partial charge in [-0.2, -0.15) is 5.10 Å². The summed E-state index contributed by atoms with van der Waals surface area (Å²) in [6.07, 6.45) is 0. The van der Waals surface area contributed by atoms with Crippen molar-refractivity contribution in [2.75, 3.05) is 5.75 Å². The Hall–Kier alpha value is -1.43. The van der Waals surface area contributed by atoms with Gasteiger partial charge in [0.05, 0.1) is 11.3 Å². The van der Waals surface area contributed by atoms with Crippen LogP contribution in [0.3, 0.4) is 0 Å². The number of nitrogens with one attached hydrogen (secondary N) is 1. The molecule has 0 saturated carbocycles. The van der Waals surface area contributed by atoms with Gasteiger partial charge in [0, 0.05) is 11.3 Å². The Labute approximate surface area is 115 Å². The van der Waals surface area contributed by atoms with Gasteiger partial charge in [-0.15, -0.1) is 0 Å². The van der Waals surface area contributed by atoms with E-state index < -0.39 is 11.6 Å². The average Bonchev–Trinajstić information content (AvgIpc) is 2.31. The maximum atomic E-state index is 13.6. The van der Waals surface area contributed by atoms with Crippen LogP contribution in [-0.2, 0) is 0 Å². The lowest BCUT2D eigenvalue weighted by Crippen LogP contribution is -2.28. The summed E-state index contributed by atoms with van der Waals surface area (Å²) < 4.78 is 26.7. The fourth-order valence-electron chi connectivity index (χ4n) is 1.54. The maximum Gasteiger partial charge on any atom is 0.178 e. The molecule has 0 fully saturated rings. The lowest BCUT2D eigenvalue weighted by atomic mass is 10.1. The molecule has 0 radical (unpaired) electrons. The molecule has 0 spiro atoms. The molecule has 0 unspecified atom stereocenters. The summed E-state index contributed by atoms with van der Waals surface area (Å²) in [5.41, 5.74) is 3.25. The Morgan fingerprint density at radius 1 is 1.32 bits per heavy atom. The van der Waals surface area contributed by atoms with E-state index in [9.17, 15) is 8.78 Å². The third-order valence-corrected chi connectivity index (χ3v) is 3.18. The van der Waals surface area contributed by atoms with Crippen molar-refractivity contribution in [3.8, 4) is 0 Å². The highest BCUT2D eigenvalue weighted by Gasteiger charge is 2.18. The first kappa shape index (κ1) is 14.0. The summed E-state index contributed by atoms with van der Waals surface area (Å²) in [6, 6.07) is 3.36. The number of hydrogen-bond acceptors (Lipinski definition) is 3. The predicted molar refractivity (Wildman–Crippen MR) is 75.7 cm³/mol. The van der Waals surface area contributed by atoms with Crippen LogP contribution in [0.5, 0.6) is 0 Å². The van der Waals surface area contributed by atoms with E-state index in [0.717, 1.165) is 18.2 Å². The molecule has 0 saturated heterocycles. The fraction of sp³-hybridized carbons (Fsp3) is 0.385. The van der Waals surface area contributed by atoms with Crippen molar-refractivity contribution in [2.24, 2.45) is 10.1 Å². The van der Waals surface area contributed by atoms with Crippen LogP contribution in [0.2, 0.25) is 0 Å². The third-order valence-electron chi connectivity index (χ3n) is 2.31. The first-order valence-electron chi connectivity index (χ1n) is 5.86. The van der Waals surface area contributed by atoms with Crippen LogP contribution in [0.1, 0.15) is 26.3 Å². The van der Waals surface area contributed by atoms with Crippen LogP contribution in [-0.4, -0.2) is 22.2 Å². The fourth-order valence-corrected chi connectivity index (χ4v) is 2.48. The minimum Gasteiger partial charge on any atom is -0.256 e. The van der Waals surface area contributed by atoms with Crippen molar-refractivity contribution in [2.45, 2.75) is 26.3 Å². The largest absolute Gasteiger partial charge is 0.256 e. The molecule has 0 bridgehead atoms. The number of thioether (sulfide) groups is 1. The molecule has 0 amide bonds. The van der Waals surface area contributed by atoms with E-state index in [1.54, 1.807) is 0 Å². The van der Waals surface area contributed by atoms with Gasteiger partial charge in [-0.1, -0.05) is 11.8 Å². The number of hydrogen-bond donors (Lipinski definition) is 1. The van der Waals surface area contributed by atoms with Gasteiger partial charge in [0.15, 0.2) is 5.17 Å². The van der Waals surface area contributed by atoms with E-state index in [4.69, 9.17) is 0 Å². The topological polar surface area (TPSA) is 36.8 Å². The zero-order valence-electron chi connectivity index (χ0n) is 11.0. The molecule has 0 aliphatic carbocycles. The van der Waals surface area contributed by atoms with Crippen LogP contribution >= 0.6 is 11.8 Å². The van der Waals surface area contributed by atoms with Gasteiger partial charge in [0.25, 0.3) is 0 Å². The first-order valence-corrected chi connectivity index (χ1v) is 6.84. The summed E-state index contributed by atoms with van der Waals surface area (Å²) >= 11 is 1.43. The van der Waals surface area contributed by atoms with Gasteiger partial charge in [0.1, 0.15) is 11.6 Å². The van der Waals surface area contributed by atoms with Gasteiger partial charge < -0.3 is 0 Å². The number of benzene rings is 1. The molecule has 1 aromatic carbocycles. The summed E-state index contributed by atoms with van der Waals surface area (Å²) in [4.78, 5) is 4.43. The molecule has 1 aliphatic heterocycles. The Morgan fingerprint density at radius 2 is 2.05 bits per heavy atom. The highest BCUT2D eigenvalue weighted by molar-refractivity contribution is 8.14. The van der Waals surface area contributed by atoms with Crippen LogP contribution < -0.4 is 5.43 Å². The molecule has 1 N–H and O–H groups in total. The normalized spacial score (nSPS) is 18.2. The highest BCUT2D eigenvalue weighted by atomic mass is 32.2. The molecule has 102 valence electrons. The third kappa shape index (κ3) is 3.76. The number of amidine groups is 1. The first-order chi connectivity index (χ1) is 8.85. The van der Waals surface area contributed by atoms with Gasteiger partial charge in [-0.05, 0) is 39.0 Å². The van der Waals surface area contributed by atoms with Crippen molar-refractivity contribution < 1.29 is 8.78 Å². The van der Waals surface area contributed by atoms with E-state index >= 15 is 0 Å². The standard InChI is InChI=1S/C13H15F2N3S/c1-13(2,3)16-12-18-17-11(7-19-12)9-6-8(14)4-5-10(9)15/h4-6H,7H2,1-3H3,(H,16,18). The second-order valence-electron chi connectivity index (χ2n) is 5.17. The minimum atomic E-state index is -0.474. The smallest absolute Gasteiger partial charge is 0.178 e. The summed E-state index contributed by atoms with van der Waals surface area (Å²) in [6.45, 7) is 5.94. The zero-order valence-corrected chi connectivity index (χ0v) is 11.8. The molecule has 0 aromatic heterocycles. The van der Waals surface area contributed by atoms with Crippen molar-refractivity contribution >= 4 is 22.6 Å². The summed E-state index contributed by atoms with van der Waals surface area (Å²) in [5.74, 6) is -0.487. The van der Waals surface area contributed by atoms with Crippen LogP contribution in [0.25, 0.3) is 0 Å². The Morgan fingerprint density at radius 3 is 2.63 bits per heavy atom. The zero-order chi connectivity index (χ0) is 14.0. The van der Waals surface area contributed by atoms with Crippen molar-refractivity contribution in [1.29, 1.82) is 0 Å². The lowest BCUT2D eigenvalue weighted by molar-refractivity contribution is 0.582.